The number of carbonyl (C=O) groups excluding carboxylic acids is 1. The molecule has 6 heteroatoms. The third kappa shape index (κ3) is 2.49. The molecule has 2 saturated heterocycles. The summed E-state index contributed by atoms with van der Waals surface area (Å²) in [6, 6.07) is 0.547. The SMILES string of the molecule is CN1CCN(CC2CN3CCC(=O)N=C3O2)CC1. The average Bonchev–Trinajstić information content (AvgIpc) is 2.73. The first kappa shape index (κ1) is 11.9. The molecule has 0 radical (unpaired) electrons. The summed E-state index contributed by atoms with van der Waals surface area (Å²) in [6.45, 7) is 7.02. The highest BCUT2D eigenvalue weighted by atomic mass is 16.5. The minimum absolute atomic E-state index is 0.0542. The molecule has 0 aromatic carbocycles. The molecular weight excluding hydrogens is 232 g/mol. The lowest BCUT2D eigenvalue weighted by Crippen LogP contribution is -2.47. The Morgan fingerprint density at radius 3 is 2.83 bits per heavy atom. The fourth-order valence-electron chi connectivity index (χ4n) is 2.68. The van der Waals surface area contributed by atoms with Crippen LogP contribution in [0.3, 0.4) is 0 Å². The average molecular weight is 252 g/mol. The molecule has 0 saturated carbocycles. The van der Waals surface area contributed by atoms with E-state index in [1.807, 2.05) is 0 Å². The third-order valence-corrected chi connectivity index (χ3v) is 3.84. The first-order valence-corrected chi connectivity index (χ1v) is 6.65. The van der Waals surface area contributed by atoms with Crippen LogP contribution in [0.1, 0.15) is 6.42 Å². The van der Waals surface area contributed by atoms with Gasteiger partial charge in [0.1, 0.15) is 6.10 Å². The number of fused-ring (bicyclic) bond motifs is 1. The lowest BCUT2D eigenvalue weighted by molar-refractivity contribution is -0.118. The summed E-state index contributed by atoms with van der Waals surface area (Å²) in [5.41, 5.74) is 0. The Bertz CT molecular complexity index is 363. The van der Waals surface area contributed by atoms with Crippen molar-refractivity contribution in [2.45, 2.75) is 12.5 Å². The Morgan fingerprint density at radius 1 is 1.28 bits per heavy atom. The van der Waals surface area contributed by atoms with E-state index in [1.54, 1.807) is 0 Å². The van der Waals surface area contributed by atoms with Gasteiger partial charge in [-0.2, -0.15) is 4.99 Å². The summed E-state index contributed by atoms with van der Waals surface area (Å²) < 4.78 is 5.77. The quantitative estimate of drug-likeness (QED) is 0.645. The molecule has 3 aliphatic heterocycles. The largest absolute Gasteiger partial charge is 0.458 e. The number of hydrogen-bond donors (Lipinski definition) is 0. The molecule has 1 amide bonds. The van der Waals surface area contributed by atoms with E-state index < -0.39 is 0 Å². The van der Waals surface area contributed by atoms with Crippen molar-refractivity contribution in [2.75, 3.05) is 52.9 Å². The van der Waals surface area contributed by atoms with Gasteiger partial charge in [-0.05, 0) is 7.05 Å². The lowest BCUT2D eigenvalue weighted by Gasteiger charge is -2.33. The molecule has 0 aromatic rings. The van der Waals surface area contributed by atoms with E-state index in [1.165, 1.54) is 0 Å². The summed E-state index contributed by atoms with van der Waals surface area (Å²) in [7, 11) is 2.16. The maximum absolute atomic E-state index is 11.2. The van der Waals surface area contributed by atoms with Crippen LogP contribution < -0.4 is 0 Å². The van der Waals surface area contributed by atoms with Gasteiger partial charge < -0.3 is 14.5 Å². The van der Waals surface area contributed by atoms with Crippen molar-refractivity contribution in [3.63, 3.8) is 0 Å². The van der Waals surface area contributed by atoms with Crippen LogP contribution in [-0.4, -0.2) is 85.6 Å². The van der Waals surface area contributed by atoms with Gasteiger partial charge in [-0.1, -0.05) is 0 Å². The fourth-order valence-corrected chi connectivity index (χ4v) is 2.68. The number of nitrogens with zero attached hydrogens (tertiary/aromatic N) is 4. The van der Waals surface area contributed by atoms with Crippen molar-refractivity contribution in [1.29, 1.82) is 0 Å². The van der Waals surface area contributed by atoms with Crippen LogP contribution >= 0.6 is 0 Å². The smallest absolute Gasteiger partial charge is 0.295 e. The van der Waals surface area contributed by atoms with Crippen molar-refractivity contribution in [1.82, 2.24) is 14.7 Å². The zero-order valence-electron chi connectivity index (χ0n) is 10.8. The van der Waals surface area contributed by atoms with Gasteiger partial charge in [-0.15, -0.1) is 0 Å². The summed E-state index contributed by atoms with van der Waals surface area (Å²) in [6.07, 6.45) is 0.687. The molecule has 3 rings (SSSR count). The van der Waals surface area contributed by atoms with Gasteiger partial charge in [0, 0.05) is 45.7 Å². The topological polar surface area (TPSA) is 48.4 Å². The Hall–Kier alpha value is -1.14. The number of carbonyl (C=O) groups is 1. The molecule has 3 heterocycles. The second-order valence-electron chi connectivity index (χ2n) is 5.33. The Labute approximate surface area is 107 Å². The number of likely N-dealkylation sites (N-methyl/N-ethyl adjacent to an activating group) is 1. The van der Waals surface area contributed by atoms with E-state index in [-0.39, 0.29) is 12.0 Å². The highest BCUT2D eigenvalue weighted by Gasteiger charge is 2.34. The number of amidine groups is 1. The van der Waals surface area contributed by atoms with E-state index in [0.29, 0.717) is 12.4 Å². The molecule has 100 valence electrons. The van der Waals surface area contributed by atoms with Gasteiger partial charge in [-0.25, -0.2) is 0 Å². The van der Waals surface area contributed by atoms with Crippen LogP contribution in [0.4, 0.5) is 0 Å². The minimum atomic E-state index is -0.0542. The molecule has 1 unspecified atom stereocenters. The summed E-state index contributed by atoms with van der Waals surface area (Å²) in [5, 5.41) is 0. The number of aliphatic imine (C=N–C) groups is 1. The maximum atomic E-state index is 11.2. The lowest BCUT2D eigenvalue weighted by atomic mass is 10.2. The van der Waals surface area contributed by atoms with Crippen LogP contribution in [0, 0.1) is 0 Å². The molecule has 3 aliphatic rings. The summed E-state index contributed by atoms with van der Waals surface area (Å²) in [4.78, 5) is 22.0. The van der Waals surface area contributed by atoms with Gasteiger partial charge >= 0.3 is 0 Å². The number of amides is 1. The first-order valence-electron chi connectivity index (χ1n) is 6.65. The normalized spacial score (nSPS) is 30.1. The van der Waals surface area contributed by atoms with Gasteiger partial charge in [0.25, 0.3) is 11.9 Å². The van der Waals surface area contributed by atoms with E-state index in [9.17, 15) is 4.79 Å². The van der Waals surface area contributed by atoms with Crippen molar-refractivity contribution < 1.29 is 9.53 Å². The summed E-state index contributed by atoms with van der Waals surface area (Å²) >= 11 is 0. The van der Waals surface area contributed by atoms with Crippen LogP contribution in [0.15, 0.2) is 4.99 Å². The Balaban J connectivity index is 1.53. The second-order valence-corrected chi connectivity index (χ2v) is 5.33. The molecule has 1 atom stereocenters. The molecule has 2 fully saturated rings. The van der Waals surface area contributed by atoms with E-state index in [0.717, 1.165) is 45.8 Å². The highest BCUT2D eigenvalue weighted by molar-refractivity contribution is 5.93. The fraction of sp³-hybridized carbons (Fsp3) is 0.833. The summed E-state index contributed by atoms with van der Waals surface area (Å²) in [5.74, 6) is -0.0542. The van der Waals surface area contributed by atoms with E-state index in [4.69, 9.17) is 4.74 Å². The maximum Gasteiger partial charge on any atom is 0.295 e. The van der Waals surface area contributed by atoms with Crippen LogP contribution in [0.2, 0.25) is 0 Å². The molecule has 0 bridgehead atoms. The zero-order chi connectivity index (χ0) is 12.5. The molecule has 0 spiro atoms. The number of ether oxygens (including phenoxy) is 1. The van der Waals surface area contributed by atoms with Crippen molar-refractivity contribution in [3.8, 4) is 0 Å². The van der Waals surface area contributed by atoms with Crippen LogP contribution in [0.5, 0.6) is 0 Å². The highest BCUT2D eigenvalue weighted by Crippen LogP contribution is 2.17. The van der Waals surface area contributed by atoms with Gasteiger partial charge in [-0.3, -0.25) is 9.69 Å². The molecular formula is C12H20N4O2. The van der Waals surface area contributed by atoms with Gasteiger partial charge in [0.05, 0.1) is 6.54 Å². The zero-order valence-corrected chi connectivity index (χ0v) is 10.8. The van der Waals surface area contributed by atoms with E-state index >= 15 is 0 Å². The second kappa shape index (κ2) is 4.85. The standard InChI is InChI=1S/C12H20N4O2/c1-14-4-6-15(7-5-14)8-10-9-16-3-2-11(17)13-12(16)18-10/h10H,2-9H2,1H3. The van der Waals surface area contributed by atoms with Crippen molar-refractivity contribution in [3.05, 3.63) is 0 Å². The van der Waals surface area contributed by atoms with Gasteiger partial charge in [0.2, 0.25) is 0 Å². The molecule has 6 nitrogen and oxygen atoms in total. The number of piperazine rings is 1. The Kier molecular flexibility index (Phi) is 3.22. The predicted octanol–water partition coefficient (Wildman–Crippen LogP) is -0.779. The van der Waals surface area contributed by atoms with Crippen LogP contribution in [0.25, 0.3) is 0 Å². The first-order chi connectivity index (χ1) is 8.70. The predicted molar refractivity (Wildman–Crippen MR) is 67.4 cm³/mol. The Morgan fingerprint density at radius 2 is 2.06 bits per heavy atom. The van der Waals surface area contributed by atoms with Crippen molar-refractivity contribution >= 4 is 11.9 Å². The molecule has 0 N–H and O–H groups in total. The van der Waals surface area contributed by atoms with Gasteiger partial charge in [0.15, 0.2) is 0 Å². The number of rotatable bonds is 2. The molecule has 0 aromatic heterocycles. The monoisotopic (exact) mass is 252 g/mol. The molecule has 18 heavy (non-hydrogen) atoms. The van der Waals surface area contributed by atoms with Crippen LogP contribution in [-0.2, 0) is 9.53 Å². The third-order valence-electron chi connectivity index (χ3n) is 3.84. The van der Waals surface area contributed by atoms with Crippen molar-refractivity contribution in [2.24, 2.45) is 4.99 Å². The van der Waals surface area contributed by atoms with E-state index in [2.05, 4.69) is 26.7 Å². The minimum Gasteiger partial charge on any atom is -0.458 e. The molecule has 0 aliphatic carbocycles. The number of hydrogen-bond acceptors (Lipinski definition) is 5.